The maximum atomic E-state index is 12.6. The van der Waals surface area contributed by atoms with Crippen LogP contribution >= 0.6 is 11.8 Å². The number of thioether (sulfide) groups is 1. The van der Waals surface area contributed by atoms with E-state index in [2.05, 4.69) is 5.32 Å². The minimum Gasteiger partial charge on any atom is -0.351 e. The molecule has 1 amide bonds. The Morgan fingerprint density at radius 1 is 1.08 bits per heavy atom. The summed E-state index contributed by atoms with van der Waals surface area (Å²) in [6.45, 7) is 2.44. The molecule has 0 unspecified atom stereocenters. The van der Waals surface area contributed by atoms with Crippen LogP contribution in [0.15, 0.2) is 48.5 Å². The molecule has 1 N–H and O–H groups in total. The lowest BCUT2D eigenvalue weighted by Crippen LogP contribution is -2.24. The molecule has 0 spiro atoms. The van der Waals surface area contributed by atoms with E-state index in [0.717, 1.165) is 23.3 Å². The lowest BCUT2D eigenvalue weighted by Gasteiger charge is -2.09. The van der Waals surface area contributed by atoms with Gasteiger partial charge in [-0.1, -0.05) is 48.0 Å². The molecule has 0 saturated heterocycles. The molecule has 0 bridgehead atoms. The molecule has 2 aromatic carbocycles. The van der Waals surface area contributed by atoms with Crippen molar-refractivity contribution in [1.82, 2.24) is 5.32 Å². The molecule has 2 aromatic rings. The Bertz CT molecular complexity index is 683. The first-order valence-electron chi connectivity index (χ1n) is 7.41. The summed E-state index contributed by atoms with van der Waals surface area (Å²) in [5, 5.41) is 2.80. The first-order valence-corrected chi connectivity index (χ1v) is 8.56. The number of carbonyl (C=O) groups is 1. The lowest BCUT2D eigenvalue weighted by atomic mass is 10.1. The minimum atomic E-state index is -4.34. The molecule has 0 aliphatic heterocycles. The van der Waals surface area contributed by atoms with Crippen LogP contribution in [0, 0.1) is 6.92 Å². The molecule has 0 fully saturated rings. The molecular formula is C18H18F3NOS. The van der Waals surface area contributed by atoms with E-state index < -0.39 is 11.7 Å². The van der Waals surface area contributed by atoms with Crippen LogP contribution in [0.3, 0.4) is 0 Å². The van der Waals surface area contributed by atoms with E-state index in [-0.39, 0.29) is 11.7 Å². The van der Waals surface area contributed by atoms with Crippen LogP contribution in [0.2, 0.25) is 0 Å². The van der Waals surface area contributed by atoms with Gasteiger partial charge < -0.3 is 5.32 Å². The predicted octanol–water partition coefficient (Wildman–Crippen LogP) is 4.56. The third-order valence-electron chi connectivity index (χ3n) is 3.37. The van der Waals surface area contributed by atoms with Crippen LogP contribution in [-0.2, 0) is 23.3 Å². The largest absolute Gasteiger partial charge is 0.416 e. The predicted molar refractivity (Wildman–Crippen MR) is 90.6 cm³/mol. The number of nitrogens with one attached hydrogen (secondary N) is 1. The van der Waals surface area contributed by atoms with Crippen molar-refractivity contribution < 1.29 is 18.0 Å². The van der Waals surface area contributed by atoms with Gasteiger partial charge in [-0.3, -0.25) is 4.79 Å². The number of aryl methyl sites for hydroxylation is 1. The molecule has 2 rings (SSSR count). The van der Waals surface area contributed by atoms with E-state index in [1.54, 1.807) is 6.07 Å². The van der Waals surface area contributed by atoms with Crippen molar-refractivity contribution in [1.29, 1.82) is 0 Å². The van der Waals surface area contributed by atoms with Crippen LogP contribution in [0.5, 0.6) is 0 Å². The number of halogens is 3. The number of hydrogen-bond acceptors (Lipinski definition) is 2. The van der Waals surface area contributed by atoms with E-state index in [1.165, 1.54) is 17.8 Å². The second kappa shape index (κ2) is 8.24. The third-order valence-corrected chi connectivity index (χ3v) is 4.37. The Kier molecular flexibility index (Phi) is 6.31. The van der Waals surface area contributed by atoms with E-state index in [1.807, 2.05) is 31.2 Å². The number of carbonyl (C=O) groups excluding carboxylic acids is 1. The van der Waals surface area contributed by atoms with Gasteiger partial charge in [-0.15, -0.1) is 11.8 Å². The van der Waals surface area contributed by atoms with Gasteiger partial charge in [-0.05, 0) is 24.1 Å². The lowest BCUT2D eigenvalue weighted by molar-refractivity contribution is -0.137. The average Bonchev–Trinajstić information content (AvgIpc) is 2.54. The van der Waals surface area contributed by atoms with Crippen LogP contribution in [0.25, 0.3) is 0 Å². The third kappa shape index (κ3) is 5.92. The zero-order chi connectivity index (χ0) is 17.6. The van der Waals surface area contributed by atoms with Crippen molar-refractivity contribution in [3.8, 4) is 0 Å². The molecule has 24 heavy (non-hydrogen) atoms. The molecule has 0 saturated carbocycles. The van der Waals surface area contributed by atoms with E-state index >= 15 is 0 Å². The van der Waals surface area contributed by atoms with Gasteiger partial charge in [0.1, 0.15) is 0 Å². The summed E-state index contributed by atoms with van der Waals surface area (Å²) in [6.07, 6.45) is -4.34. The van der Waals surface area contributed by atoms with Crippen LogP contribution in [-0.4, -0.2) is 11.7 Å². The first kappa shape index (κ1) is 18.4. The maximum Gasteiger partial charge on any atom is 0.416 e. The highest BCUT2D eigenvalue weighted by Crippen LogP contribution is 2.30. The maximum absolute atomic E-state index is 12.6. The molecule has 0 aromatic heterocycles. The second-order valence-corrected chi connectivity index (χ2v) is 6.44. The quantitative estimate of drug-likeness (QED) is 0.825. The zero-order valence-corrected chi connectivity index (χ0v) is 14.0. The number of alkyl halides is 3. The van der Waals surface area contributed by atoms with Crippen molar-refractivity contribution in [2.75, 3.05) is 5.75 Å². The van der Waals surface area contributed by atoms with Gasteiger partial charge in [0.2, 0.25) is 5.91 Å². The molecular weight excluding hydrogens is 335 g/mol. The fraction of sp³-hybridized carbons (Fsp3) is 0.278. The normalized spacial score (nSPS) is 11.3. The Labute approximate surface area is 143 Å². The van der Waals surface area contributed by atoms with Gasteiger partial charge in [-0.25, -0.2) is 0 Å². The molecule has 128 valence electrons. The second-order valence-electron chi connectivity index (χ2n) is 5.45. The van der Waals surface area contributed by atoms with Gasteiger partial charge in [-0.2, -0.15) is 13.2 Å². The minimum absolute atomic E-state index is 0.132. The van der Waals surface area contributed by atoms with E-state index in [4.69, 9.17) is 0 Å². The molecule has 0 heterocycles. The number of benzene rings is 2. The number of amides is 1. The van der Waals surface area contributed by atoms with Crippen molar-refractivity contribution in [2.45, 2.75) is 25.4 Å². The van der Waals surface area contributed by atoms with Crippen LogP contribution < -0.4 is 5.32 Å². The highest BCUT2D eigenvalue weighted by Gasteiger charge is 2.30. The van der Waals surface area contributed by atoms with Crippen molar-refractivity contribution in [3.63, 3.8) is 0 Å². The van der Waals surface area contributed by atoms with Gasteiger partial charge in [0.05, 0.1) is 11.3 Å². The van der Waals surface area contributed by atoms with Crippen LogP contribution in [0.4, 0.5) is 13.2 Å². The summed E-state index contributed by atoms with van der Waals surface area (Å²) in [7, 11) is 0. The molecule has 2 nitrogen and oxygen atoms in total. The van der Waals surface area contributed by atoms with Crippen molar-refractivity contribution in [3.05, 3.63) is 70.8 Å². The topological polar surface area (TPSA) is 29.1 Å². The molecule has 0 radical (unpaired) electrons. The van der Waals surface area contributed by atoms with Gasteiger partial charge in [0.25, 0.3) is 0 Å². The molecule has 6 heteroatoms. The highest BCUT2D eigenvalue weighted by molar-refractivity contribution is 7.99. The number of hydrogen-bond donors (Lipinski definition) is 1. The molecule has 0 atom stereocenters. The Balaban J connectivity index is 1.75. The van der Waals surface area contributed by atoms with Gasteiger partial charge in [0.15, 0.2) is 0 Å². The molecule has 0 aliphatic rings. The fourth-order valence-corrected chi connectivity index (χ4v) is 2.86. The Morgan fingerprint density at radius 3 is 2.46 bits per heavy atom. The van der Waals surface area contributed by atoms with Crippen molar-refractivity contribution in [2.24, 2.45) is 0 Å². The Morgan fingerprint density at radius 2 is 1.79 bits per heavy atom. The highest BCUT2D eigenvalue weighted by atomic mass is 32.2. The summed E-state index contributed by atoms with van der Waals surface area (Å²) >= 11 is 1.29. The summed E-state index contributed by atoms with van der Waals surface area (Å²) in [5.74, 6) is 0.441. The standard InChI is InChI=1S/C18H18F3NOS/c1-13-5-7-14(8-6-13)10-22-17(23)12-24-11-15-3-2-4-16(9-15)18(19,20)21/h2-9H,10-12H2,1H3,(H,22,23). The Hall–Kier alpha value is -1.95. The van der Waals surface area contributed by atoms with Gasteiger partial charge in [0, 0.05) is 12.3 Å². The zero-order valence-electron chi connectivity index (χ0n) is 13.2. The summed E-state index contributed by atoms with van der Waals surface area (Å²) < 4.78 is 37.9. The van der Waals surface area contributed by atoms with E-state index in [0.29, 0.717) is 17.9 Å². The van der Waals surface area contributed by atoms with Crippen LogP contribution in [0.1, 0.15) is 22.3 Å². The summed E-state index contributed by atoms with van der Waals surface area (Å²) in [5.41, 5.74) is 2.06. The summed E-state index contributed by atoms with van der Waals surface area (Å²) in [4.78, 5) is 11.8. The number of rotatable bonds is 6. The smallest absolute Gasteiger partial charge is 0.351 e. The summed E-state index contributed by atoms with van der Waals surface area (Å²) in [6, 6.07) is 13.0. The van der Waals surface area contributed by atoms with Gasteiger partial charge >= 0.3 is 6.18 Å². The SMILES string of the molecule is Cc1ccc(CNC(=O)CSCc2cccc(C(F)(F)F)c2)cc1. The monoisotopic (exact) mass is 353 g/mol. The average molecular weight is 353 g/mol. The fourth-order valence-electron chi connectivity index (χ4n) is 2.06. The first-order chi connectivity index (χ1) is 11.3. The van der Waals surface area contributed by atoms with Crippen molar-refractivity contribution >= 4 is 17.7 Å². The van der Waals surface area contributed by atoms with E-state index in [9.17, 15) is 18.0 Å². The molecule has 0 aliphatic carbocycles.